The first-order valence-electron chi connectivity index (χ1n) is 51.3. The van der Waals surface area contributed by atoms with Crippen LogP contribution in [0.25, 0.3) is 325 Å². The molecule has 0 spiro atoms. The number of benzene rings is 24. The molecule has 0 N–H and O–H groups in total. The van der Waals surface area contributed by atoms with Crippen molar-refractivity contribution >= 4 is 170 Å². The summed E-state index contributed by atoms with van der Waals surface area (Å²) in [6.45, 7) is 0. The number of hydrogen-bond donors (Lipinski definition) is 0. The van der Waals surface area contributed by atoms with Crippen molar-refractivity contribution in [2.75, 3.05) is 0 Å². The third-order valence-corrected chi connectivity index (χ3v) is 36.3. The second-order valence-corrected chi connectivity index (χ2v) is 43.8. The minimum absolute atomic E-state index is 0.915. The first-order valence-corrected chi connectivity index (χ1v) is 54.5. The van der Waals surface area contributed by atoms with Gasteiger partial charge >= 0.3 is 0 Å². The smallest absolute Gasteiger partial charge is 0.143 e. The molecule has 0 atom stereocenters. The largest absolute Gasteiger partial charge is 0.456 e. The molecule has 696 valence electrons. The standard InChI is InChI=1S/2C48H28OS.C48H28S2/c1-2-13-35-33(11-1)34-12-3-4-14-36(34)43-28-30(32-18-10-20-42-40-16-6-8-22-46(40)50-48(32)42)24-26-38(43)44-27-29(23-25-37(35)44)31-17-9-19-41-39-15-5-7-21-45(39)49-47(31)41;1-2-12-35-33(10-1)34-11-3-4-13-36(34)43-28-31(32-16-9-17-41-40-15-6-8-19-47(40)50-48(32)41)21-24-38(43)42-26-29(20-23-37(35)42)30-22-25-46-44(27-30)39-14-5-7-18-45(39)49-46;1-2-12-35-33(10-1)34-11-3-4-13-36(34)43-28-31(32-16-9-17-41-39-14-5-8-19-46(39)50-48(32)41)21-24-38(43)42-26-29(20-23-37(35)42)30-22-25-47-44(27-30)40-15-6-7-18-45(40)49-47/h3*1-28H. The topological polar surface area (TPSA) is 26.3 Å². The van der Waals surface area contributed by atoms with Gasteiger partial charge in [-0.05, 0) is 292 Å². The maximum atomic E-state index is 6.52. The maximum absolute atomic E-state index is 6.52. The van der Waals surface area contributed by atoms with Crippen LogP contribution in [-0.4, -0.2) is 0 Å². The Bertz CT molecular complexity index is 10300. The average Bonchev–Trinajstić information content (AvgIpc) is 0.996. The molecule has 30 aromatic rings. The van der Waals surface area contributed by atoms with E-state index in [0.29, 0.717) is 0 Å². The number of thiophene rings is 4. The van der Waals surface area contributed by atoms with Gasteiger partial charge in [0.15, 0.2) is 0 Å². The van der Waals surface area contributed by atoms with Crippen LogP contribution in [0.2, 0.25) is 0 Å². The zero-order chi connectivity index (χ0) is 98.3. The third kappa shape index (κ3) is 13.9. The highest BCUT2D eigenvalue weighted by Gasteiger charge is 2.31. The van der Waals surface area contributed by atoms with Gasteiger partial charge in [0.2, 0.25) is 0 Å². The van der Waals surface area contributed by atoms with Crippen LogP contribution in [0.15, 0.2) is 518 Å². The Labute approximate surface area is 881 Å². The van der Waals surface area contributed by atoms with Crippen molar-refractivity contribution in [1.82, 2.24) is 0 Å². The van der Waals surface area contributed by atoms with Crippen LogP contribution in [0.4, 0.5) is 0 Å². The Balaban J connectivity index is 0.000000101. The molecule has 0 aliphatic heterocycles. The zero-order valence-electron chi connectivity index (χ0n) is 80.9. The second kappa shape index (κ2) is 34.7. The van der Waals surface area contributed by atoms with Crippen LogP contribution < -0.4 is 0 Å². The Kier molecular flexibility index (Phi) is 19.9. The number of hydrogen-bond acceptors (Lipinski definition) is 6. The van der Waals surface area contributed by atoms with Crippen molar-refractivity contribution in [2.24, 2.45) is 0 Å². The highest BCUT2D eigenvalue weighted by atomic mass is 32.1. The van der Waals surface area contributed by atoms with Gasteiger partial charge in [-0.25, -0.2) is 0 Å². The Morgan fingerprint density at radius 2 is 0.320 bits per heavy atom. The van der Waals surface area contributed by atoms with Crippen molar-refractivity contribution in [1.29, 1.82) is 0 Å². The van der Waals surface area contributed by atoms with Crippen molar-refractivity contribution in [3.05, 3.63) is 510 Å². The van der Waals surface area contributed by atoms with E-state index in [9.17, 15) is 0 Å². The van der Waals surface area contributed by atoms with Crippen LogP contribution in [-0.2, 0) is 0 Å². The van der Waals surface area contributed by atoms with Gasteiger partial charge in [0.25, 0.3) is 0 Å². The lowest BCUT2D eigenvalue weighted by molar-refractivity contribution is 0.669. The molecule has 6 aromatic heterocycles. The van der Waals surface area contributed by atoms with E-state index in [0.717, 1.165) is 55.0 Å². The molecule has 0 unspecified atom stereocenters. The molecule has 0 fully saturated rings. The fraction of sp³-hybridized carbons (Fsp3) is 0. The summed E-state index contributed by atoms with van der Waals surface area (Å²) in [5.41, 5.74) is 48.4. The van der Waals surface area contributed by atoms with Gasteiger partial charge < -0.3 is 8.83 Å². The number of furan rings is 2. The van der Waals surface area contributed by atoms with E-state index in [2.05, 4.69) is 491 Å². The molecular weight excluding hydrogens is 1890 g/mol. The molecule has 2 nitrogen and oxygen atoms in total. The van der Waals surface area contributed by atoms with E-state index < -0.39 is 0 Å². The summed E-state index contributed by atoms with van der Waals surface area (Å²) < 4.78 is 23.4. The normalized spacial score (nSPS) is 12.0. The van der Waals surface area contributed by atoms with Gasteiger partial charge in [-0.2, -0.15) is 0 Å². The van der Waals surface area contributed by atoms with E-state index in [1.807, 2.05) is 63.5 Å². The molecule has 0 saturated carbocycles. The van der Waals surface area contributed by atoms with Crippen LogP contribution >= 0.6 is 45.3 Å². The van der Waals surface area contributed by atoms with E-state index in [4.69, 9.17) is 8.83 Å². The quantitative estimate of drug-likeness (QED) is 0.166. The third-order valence-electron chi connectivity index (χ3n) is 31.4. The minimum Gasteiger partial charge on any atom is -0.456 e. The fourth-order valence-corrected chi connectivity index (χ4v) is 29.3. The maximum Gasteiger partial charge on any atom is 0.143 e. The Morgan fingerprint density at radius 3 is 0.693 bits per heavy atom. The van der Waals surface area contributed by atoms with Gasteiger partial charge in [0, 0.05) is 108 Å². The molecule has 33 rings (SSSR count). The molecule has 6 heterocycles. The fourth-order valence-electron chi connectivity index (χ4n) is 24.5. The highest BCUT2D eigenvalue weighted by Crippen LogP contribution is 2.58. The highest BCUT2D eigenvalue weighted by molar-refractivity contribution is 7.27. The van der Waals surface area contributed by atoms with Crippen LogP contribution in [0, 0.1) is 0 Å². The lowest BCUT2D eigenvalue weighted by atomic mass is 9.79. The molecule has 24 aromatic carbocycles. The van der Waals surface area contributed by atoms with E-state index in [-0.39, 0.29) is 0 Å². The van der Waals surface area contributed by atoms with E-state index in [1.54, 1.807) is 0 Å². The van der Waals surface area contributed by atoms with Gasteiger partial charge in [0.05, 0.1) is 0 Å². The number of rotatable bonds is 6. The van der Waals surface area contributed by atoms with Crippen molar-refractivity contribution in [3.63, 3.8) is 0 Å². The predicted molar refractivity (Wildman–Crippen MR) is 644 cm³/mol. The van der Waals surface area contributed by atoms with Gasteiger partial charge in [-0.3, -0.25) is 0 Å². The van der Waals surface area contributed by atoms with Crippen molar-refractivity contribution in [2.45, 2.75) is 0 Å². The summed E-state index contributed by atoms with van der Waals surface area (Å²) in [5, 5.41) is 15.2. The van der Waals surface area contributed by atoms with Gasteiger partial charge in [-0.15, -0.1) is 45.3 Å². The van der Waals surface area contributed by atoms with E-state index >= 15 is 0 Å². The van der Waals surface area contributed by atoms with Gasteiger partial charge in [0.1, 0.15) is 22.3 Å². The molecule has 0 bridgehead atoms. The molecule has 0 amide bonds. The molecule has 3 aliphatic rings. The average molecular weight is 1970 g/mol. The van der Waals surface area contributed by atoms with E-state index in [1.165, 1.54) is 270 Å². The number of fused-ring (bicyclic) bond motifs is 42. The molecule has 150 heavy (non-hydrogen) atoms. The zero-order valence-corrected chi connectivity index (χ0v) is 84.2. The molecule has 0 radical (unpaired) electrons. The first-order chi connectivity index (χ1) is 74.4. The van der Waals surface area contributed by atoms with Crippen LogP contribution in [0.5, 0.6) is 0 Å². The van der Waals surface area contributed by atoms with Crippen LogP contribution in [0.3, 0.4) is 0 Å². The summed E-state index contributed by atoms with van der Waals surface area (Å²) >= 11 is 7.54. The van der Waals surface area contributed by atoms with Crippen molar-refractivity contribution < 1.29 is 8.83 Å². The second-order valence-electron chi connectivity index (χ2n) is 39.6. The first kappa shape index (κ1) is 86.1. The molecule has 6 heteroatoms. The lowest BCUT2D eigenvalue weighted by Gasteiger charge is -2.24. The van der Waals surface area contributed by atoms with Gasteiger partial charge in [-0.1, -0.05) is 413 Å². The molecular formula is C144H84O2S4. The predicted octanol–water partition coefficient (Wildman–Crippen LogP) is 43.3. The van der Waals surface area contributed by atoms with Crippen LogP contribution in [0.1, 0.15) is 0 Å². The summed E-state index contributed by atoms with van der Waals surface area (Å²) in [7, 11) is 0. The summed E-state index contributed by atoms with van der Waals surface area (Å²) in [4.78, 5) is 0. The SMILES string of the molecule is c1ccc2c(c1)-c1ccccc1-c1cc(-c3cccc4c3sc3ccccc34)ccc1-c1cc(-c3ccc4oc5ccccc5c4c3)ccc1-2.c1ccc2c(c1)-c1ccccc1-c1cc(-c3cccc4c3sc3ccccc34)ccc1-c1cc(-c3ccc4sc5ccccc5c4c3)ccc1-2.c1ccc2c(c1)-c1ccccc1-c1cc(-c3cccc4c3sc3ccccc34)ccc1-c1cc(-c3cccc4c3oc3ccccc34)ccc1-2. The summed E-state index contributed by atoms with van der Waals surface area (Å²) in [6.07, 6.45) is 0. The Hall–Kier alpha value is -18.2. The van der Waals surface area contributed by atoms with Crippen molar-refractivity contribution in [3.8, 4) is 200 Å². The lowest BCUT2D eigenvalue weighted by Crippen LogP contribution is -1.98. The Morgan fingerprint density at radius 1 is 0.107 bits per heavy atom. The summed E-state index contributed by atoms with van der Waals surface area (Å²) in [5.74, 6) is 0. The minimum atomic E-state index is 0.915. The monoisotopic (exact) mass is 1970 g/mol. The molecule has 3 aliphatic carbocycles. The number of para-hydroxylation sites is 3. The molecule has 0 saturated heterocycles. The summed E-state index contributed by atoms with van der Waals surface area (Å²) in [6, 6.07) is 188.